The molecule has 0 spiro atoms. The largest absolute Gasteiger partial charge is 0.349 e. The molecule has 0 saturated carbocycles. The van der Waals surface area contributed by atoms with E-state index in [9.17, 15) is 0 Å². The number of anilines is 1. The average molecular weight is 333 g/mol. The molecule has 0 unspecified atom stereocenters. The quantitative estimate of drug-likeness (QED) is 0.731. The van der Waals surface area contributed by atoms with Gasteiger partial charge in [0.2, 0.25) is 0 Å². The summed E-state index contributed by atoms with van der Waals surface area (Å²) in [5.41, 5.74) is 4.76. The molecule has 0 radical (unpaired) electrons. The van der Waals surface area contributed by atoms with Gasteiger partial charge in [0.05, 0.1) is 11.7 Å². The molecule has 5 nitrogen and oxygen atoms in total. The zero-order chi connectivity index (χ0) is 17.4. The van der Waals surface area contributed by atoms with Crippen molar-refractivity contribution in [2.24, 2.45) is 7.05 Å². The second-order valence-corrected chi connectivity index (χ2v) is 6.66. The van der Waals surface area contributed by atoms with Crippen LogP contribution in [0.2, 0.25) is 0 Å². The van der Waals surface area contributed by atoms with Crippen LogP contribution >= 0.6 is 0 Å². The van der Waals surface area contributed by atoms with Crippen molar-refractivity contribution in [3.8, 4) is 11.4 Å². The molecule has 1 aromatic carbocycles. The van der Waals surface area contributed by atoms with E-state index in [1.807, 2.05) is 42.2 Å². The molecule has 3 aromatic rings. The van der Waals surface area contributed by atoms with Crippen LogP contribution in [0.15, 0.2) is 42.6 Å². The molecule has 3 heterocycles. The highest BCUT2D eigenvalue weighted by molar-refractivity contribution is 5.57. The molecule has 1 aliphatic heterocycles. The number of aryl methyl sites for hydroxylation is 2. The van der Waals surface area contributed by atoms with E-state index >= 15 is 0 Å². The Morgan fingerprint density at radius 3 is 2.60 bits per heavy atom. The van der Waals surface area contributed by atoms with Gasteiger partial charge in [-0.1, -0.05) is 30.3 Å². The Labute approximate surface area is 148 Å². The summed E-state index contributed by atoms with van der Waals surface area (Å²) in [6, 6.07) is 12.5. The summed E-state index contributed by atoms with van der Waals surface area (Å²) >= 11 is 0. The van der Waals surface area contributed by atoms with Crippen LogP contribution in [0.4, 0.5) is 5.82 Å². The Morgan fingerprint density at radius 2 is 1.88 bits per heavy atom. The zero-order valence-electron chi connectivity index (χ0n) is 15.0. The lowest BCUT2D eigenvalue weighted by Crippen LogP contribution is -2.24. The van der Waals surface area contributed by atoms with E-state index in [0.717, 1.165) is 35.9 Å². The minimum Gasteiger partial charge on any atom is -0.349 e. The van der Waals surface area contributed by atoms with E-state index in [1.165, 1.54) is 17.7 Å². The van der Waals surface area contributed by atoms with E-state index in [2.05, 4.69) is 41.0 Å². The standard InChI is InChI=1S/C20H23N5/c1-14-19(15(2)24(3)23-14)17-10-7-13-25(17)18-11-12-21-20(22-18)16-8-5-4-6-9-16/h4-6,8-9,11-12,17H,7,10,13H2,1-3H3/t17-/m0/s1. The topological polar surface area (TPSA) is 46.8 Å². The fourth-order valence-electron chi connectivity index (χ4n) is 3.85. The fourth-order valence-corrected chi connectivity index (χ4v) is 3.85. The van der Waals surface area contributed by atoms with Gasteiger partial charge < -0.3 is 4.90 Å². The number of aromatic nitrogens is 4. The molecular weight excluding hydrogens is 310 g/mol. The number of rotatable bonds is 3. The summed E-state index contributed by atoms with van der Waals surface area (Å²) in [6.07, 6.45) is 4.17. The van der Waals surface area contributed by atoms with Crippen LogP contribution in [0.3, 0.4) is 0 Å². The zero-order valence-corrected chi connectivity index (χ0v) is 15.0. The van der Waals surface area contributed by atoms with Crippen LogP contribution in [-0.4, -0.2) is 26.3 Å². The molecule has 1 atom stereocenters. The summed E-state index contributed by atoms with van der Waals surface area (Å²) in [4.78, 5) is 11.7. The van der Waals surface area contributed by atoms with E-state index in [4.69, 9.17) is 4.98 Å². The van der Waals surface area contributed by atoms with Crippen LogP contribution in [0.1, 0.15) is 35.8 Å². The van der Waals surface area contributed by atoms with E-state index in [-0.39, 0.29) is 0 Å². The molecular formula is C20H23N5. The number of nitrogens with zero attached hydrogens (tertiary/aromatic N) is 5. The molecule has 2 aromatic heterocycles. The van der Waals surface area contributed by atoms with Gasteiger partial charge in [-0.2, -0.15) is 5.10 Å². The minimum absolute atomic E-state index is 0.340. The summed E-state index contributed by atoms with van der Waals surface area (Å²) in [7, 11) is 2.02. The highest BCUT2D eigenvalue weighted by atomic mass is 15.3. The van der Waals surface area contributed by atoms with Gasteiger partial charge in [-0.05, 0) is 32.8 Å². The van der Waals surface area contributed by atoms with Crippen LogP contribution in [0, 0.1) is 13.8 Å². The summed E-state index contributed by atoms with van der Waals surface area (Å²) in [5, 5.41) is 4.61. The molecule has 4 rings (SSSR count). The third-order valence-corrected chi connectivity index (χ3v) is 5.12. The molecule has 0 amide bonds. The predicted molar refractivity (Wildman–Crippen MR) is 99.5 cm³/mol. The highest BCUT2D eigenvalue weighted by Crippen LogP contribution is 2.38. The first kappa shape index (κ1) is 15.8. The molecule has 25 heavy (non-hydrogen) atoms. The highest BCUT2D eigenvalue weighted by Gasteiger charge is 2.31. The minimum atomic E-state index is 0.340. The van der Waals surface area contributed by atoms with Gasteiger partial charge in [-0.25, -0.2) is 9.97 Å². The van der Waals surface area contributed by atoms with E-state index < -0.39 is 0 Å². The van der Waals surface area contributed by atoms with E-state index in [0.29, 0.717) is 6.04 Å². The smallest absolute Gasteiger partial charge is 0.161 e. The lowest BCUT2D eigenvalue weighted by molar-refractivity contribution is 0.693. The monoisotopic (exact) mass is 333 g/mol. The van der Waals surface area contributed by atoms with E-state index in [1.54, 1.807) is 0 Å². The van der Waals surface area contributed by atoms with Gasteiger partial charge >= 0.3 is 0 Å². The van der Waals surface area contributed by atoms with Crippen LogP contribution in [0.5, 0.6) is 0 Å². The van der Waals surface area contributed by atoms with Crippen molar-refractivity contribution in [2.75, 3.05) is 11.4 Å². The third-order valence-electron chi connectivity index (χ3n) is 5.12. The van der Waals surface area contributed by atoms with Gasteiger partial charge in [0.25, 0.3) is 0 Å². The number of hydrogen-bond donors (Lipinski definition) is 0. The second-order valence-electron chi connectivity index (χ2n) is 6.66. The summed E-state index contributed by atoms with van der Waals surface area (Å²) in [5.74, 6) is 1.78. The SMILES string of the molecule is Cc1nn(C)c(C)c1[C@@H]1CCCN1c1ccnc(-c2ccccc2)n1. The van der Waals surface area contributed by atoms with Crippen molar-refractivity contribution in [2.45, 2.75) is 32.7 Å². The molecule has 5 heteroatoms. The van der Waals surface area contributed by atoms with Crippen molar-refractivity contribution in [1.29, 1.82) is 0 Å². The molecule has 0 bridgehead atoms. The second kappa shape index (κ2) is 6.31. The van der Waals surface area contributed by atoms with Crippen LogP contribution in [0.25, 0.3) is 11.4 Å². The molecule has 1 fully saturated rings. The Bertz CT molecular complexity index is 884. The number of hydrogen-bond acceptors (Lipinski definition) is 4. The maximum atomic E-state index is 4.85. The Kier molecular flexibility index (Phi) is 3.99. The van der Waals surface area contributed by atoms with Crippen molar-refractivity contribution >= 4 is 5.82 Å². The Morgan fingerprint density at radius 1 is 1.08 bits per heavy atom. The first-order valence-electron chi connectivity index (χ1n) is 8.80. The molecule has 1 saturated heterocycles. The summed E-state index contributed by atoms with van der Waals surface area (Å²) in [6.45, 7) is 5.28. The number of benzene rings is 1. The van der Waals surface area contributed by atoms with Crippen molar-refractivity contribution in [3.63, 3.8) is 0 Å². The van der Waals surface area contributed by atoms with Gasteiger partial charge in [-0.3, -0.25) is 4.68 Å². The molecule has 128 valence electrons. The first-order valence-corrected chi connectivity index (χ1v) is 8.80. The maximum absolute atomic E-state index is 4.85. The van der Waals surface area contributed by atoms with Gasteiger partial charge in [0, 0.05) is 36.6 Å². The Hall–Kier alpha value is -2.69. The molecule has 0 N–H and O–H groups in total. The normalized spacial score (nSPS) is 17.2. The fraction of sp³-hybridized carbons (Fsp3) is 0.350. The lowest BCUT2D eigenvalue weighted by Gasteiger charge is -2.26. The first-order chi connectivity index (χ1) is 12.1. The molecule has 0 aliphatic carbocycles. The van der Waals surface area contributed by atoms with Crippen molar-refractivity contribution in [1.82, 2.24) is 19.7 Å². The van der Waals surface area contributed by atoms with Crippen LogP contribution < -0.4 is 4.90 Å². The van der Waals surface area contributed by atoms with Crippen LogP contribution in [-0.2, 0) is 7.05 Å². The van der Waals surface area contributed by atoms with Gasteiger partial charge in [0.1, 0.15) is 5.82 Å². The summed E-state index contributed by atoms with van der Waals surface area (Å²) < 4.78 is 1.98. The van der Waals surface area contributed by atoms with Gasteiger partial charge in [-0.15, -0.1) is 0 Å². The van der Waals surface area contributed by atoms with Gasteiger partial charge in [0.15, 0.2) is 5.82 Å². The van der Waals surface area contributed by atoms with Crippen molar-refractivity contribution < 1.29 is 0 Å². The predicted octanol–water partition coefficient (Wildman–Crippen LogP) is 3.84. The third kappa shape index (κ3) is 2.80. The maximum Gasteiger partial charge on any atom is 0.161 e. The molecule has 1 aliphatic rings. The lowest BCUT2D eigenvalue weighted by atomic mass is 10.0. The Balaban J connectivity index is 1.72. The van der Waals surface area contributed by atoms with Crippen molar-refractivity contribution in [3.05, 3.63) is 59.5 Å². The average Bonchev–Trinajstić information content (AvgIpc) is 3.20.